The Morgan fingerprint density at radius 2 is 1.96 bits per heavy atom. The van der Waals surface area contributed by atoms with Gasteiger partial charge in [-0.3, -0.25) is 4.90 Å². The molecule has 2 aromatic heterocycles. The van der Waals surface area contributed by atoms with Crippen LogP contribution in [0.1, 0.15) is 36.0 Å². The van der Waals surface area contributed by atoms with Gasteiger partial charge >= 0.3 is 0 Å². The van der Waals surface area contributed by atoms with Gasteiger partial charge in [0.25, 0.3) is 0 Å². The molecule has 0 aliphatic carbocycles. The Balaban J connectivity index is 1.72. The molecule has 7 heteroatoms. The molecule has 6 nitrogen and oxygen atoms in total. The van der Waals surface area contributed by atoms with Crippen molar-refractivity contribution in [3.05, 3.63) is 16.3 Å². The van der Waals surface area contributed by atoms with E-state index in [0.29, 0.717) is 6.61 Å². The molecule has 4 heterocycles. The molecule has 0 bridgehead atoms. The standard InChI is InChI=1S/C20H30N4O2S/c1-13-9-24(10-16(26-13)12-25-4)19-18-14(2)15(3)27-20(18)22-17(21-19)11-23-7-5-6-8-23/h13,16H,5-12H2,1-4H3. The van der Waals surface area contributed by atoms with Gasteiger partial charge in [0.2, 0.25) is 0 Å². The number of morpholine rings is 1. The van der Waals surface area contributed by atoms with E-state index in [2.05, 4.69) is 30.6 Å². The average molecular weight is 391 g/mol. The number of aromatic nitrogens is 2. The number of methoxy groups -OCH3 is 1. The van der Waals surface area contributed by atoms with Crippen molar-refractivity contribution in [1.82, 2.24) is 14.9 Å². The second kappa shape index (κ2) is 7.99. The summed E-state index contributed by atoms with van der Waals surface area (Å²) < 4.78 is 11.4. The van der Waals surface area contributed by atoms with Gasteiger partial charge in [0.15, 0.2) is 0 Å². The Morgan fingerprint density at radius 3 is 2.70 bits per heavy atom. The molecule has 2 aliphatic rings. The molecule has 2 atom stereocenters. The molecule has 2 fully saturated rings. The van der Waals surface area contributed by atoms with Gasteiger partial charge < -0.3 is 14.4 Å². The Labute approximate surface area is 165 Å². The van der Waals surface area contributed by atoms with Crippen molar-refractivity contribution in [2.75, 3.05) is 44.8 Å². The van der Waals surface area contributed by atoms with E-state index in [1.165, 1.54) is 28.7 Å². The van der Waals surface area contributed by atoms with E-state index in [-0.39, 0.29) is 12.2 Å². The highest BCUT2D eigenvalue weighted by molar-refractivity contribution is 7.18. The molecule has 148 valence electrons. The third kappa shape index (κ3) is 3.97. The van der Waals surface area contributed by atoms with Crippen molar-refractivity contribution in [2.24, 2.45) is 0 Å². The summed E-state index contributed by atoms with van der Waals surface area (Å²) in [6.07, 6.45) is 2.80. The minimum atomic E-state index is 0.0748. The van der Waals surface area contributed by atoms with Crippen LogP contribution in [0.15, 0.2) is 0 Å². The molecule has 2 aromatic rings. The van der Waals surface area contributed by atoms with Crippen LogP contribution in [0, 0.1) is 13.8 Å². The van der Waals surface area contributed by atoms with Crippen LogP contribution in [0.3, 0.4) is 0 Å². The summed E-state index contributed by atoms with van der Waals surface area (Å²) in [6.45, 7) is 11.9. The molecule has 0 radical (unpaired) electrons. The number of hydrogen-bond acceptors (Lipinski definition) is 7. The largest absolute Gasteiger partial charge is 0.382 e. The monoisotopic (exact) mass is 390 g/mol. The van der Waals surface area contributed by atoms with Crippen LogP contribution in [0.2, 0.25) is 0 Å². The smallest absolute Gasteiger partial charge is 0.146 e. The number of likely N-dealkylation sites (tertiary alicyclic amines) is 1. The number of hydrogen-bond donors (Lipinski definition) is 0. The highest BCUT2D eigenvalue weighted by Crippen LogP contribution is 2.36. The zero-order chi connectivity index (χ0) is 19.0. The van der Waals surface area contributed by atoms with Crippen molar-refractivity contribution in [2.45, 2.75) is 52.4 Å². The van der Waals surface area contributed by atoms with Gasteiger partial charge in [-0.1, -0.05) is 0 Å². The van der Waals surface area contributed by atoms with Crippen LogP contribution >= 0.6 is 11.3 Å². The van der Waals surface area contributed by atoms with Gasteiger partial charge in [0, 0.05) is 25.1 Å². The number of anilines is 1. The maximum Gasteiger partial charge on any atom is 0.146 e. The molecule has 0 spiro atoms. The third-order valence-electron chi connectivity index (χ3n) is 5.60. The molecular weight excluding hydrogens is 360 g/mol. The van der Waals surface area contributed by atoms with Gasteiger partial charge in [-0.05, 0) is 52.3 Å². The summed E-state index contributed by atoms with van der Waals surface area (Å²) in [6, 6.07) is 0. The summed E-state index contributed by atoms with van der Waals surface area (Å²) in [7, 11) is 1.73. The van der Waals surface area contributed by atoms with E-state index in [1.54, 1.807) is 18.4 Å². The fourth-order valence-electron chi connectivity index (χ4n) is 4.21. The molecule has 0 aromatic carbocycles. The molecule has 2 unspecified atom stereocenters. The number of fused-ring (bicyclic) bond motifs is 1. The fraction of sp³-hybridized carbons (Fsp3) is 0.700. The summed E-state index contributed by atoms with van der Waals surface area (Å²) in [5, 5.41) is 1.22. The Bertz CT molecular complexity index is 803. The lowest BCUT2D eigenvalue weighted by atomic mass is 10.1. The van der Waals surface area contributed by atoms with E-state index in [4.69, 9.17) is 19.4 Å². The molecule has 2 aliphatic heterocycles. The molecule has 0 N–H and O–H groups in total. The fourth-order valence-corrected chi connectivity index (χ4v) is 5.25. The summed E-state index contributed by atoms with van der Waals surface area (Å²) in [4.78, 5) is 17.3. The van der Waals surface area contributed by atoms with Crippen molar-refractivity contribution < 1.29 is 9.47 Å². The minimum absolute atomic E-state index is 0.0748. The predicted molar refractivity (Wildman–Crippen MR) is 110 cm³/mol. The zero-order valence-electron chi connectivity index (χ0n) is 16.8. The van der Waals surface area contributed by atoms with Crippen LogP contribution in [0.4, 0.5) is 5.82 Å². The lowest BCUT2D eigenvalue weighted by molar-refractivity contribution is -0.0512. The Kier molecular flexibility index (Phi) is 5.64. The van der Waals surface area contributed by atoms with E-state index in [1.807, 2.05) is 0 Å². The lowest BCUT2D eigenvalue weighted by Gasteiger charge is -2.37. The normalized spacial score (nSPS) is 24.2. The third-order valence-corrected chi connectivity index (χ3v) is 6.70. The van der Waals surface area contributed by atoms with Crippen molar-refractivity contribution in [3.63, 3.8) is 0 Å². The number of aryl methyl sites for hydroxylation is 2. The van der Waals surface area contributed by atoms with E-state index in [9.17, 15) is 0 Å². The van der Waals surface area contributed by atoms with Gasteiger partial charge in [0.1, 0.15) is 16.5 Å². The SMILES string of the molecule is COCC1CN(c2nc(CN3CCCC3)nc3sc(C)c(C)c23)CC(C)O1. The number of rotatable bonds is 5. The minimum Gasteiger partial charge on any atom is -0.382 e. The highest BCUT2D eigenvalue weighted by atomic mass is 32.1. The second-order valence-electron chi connectivity index (χ2n) is 7.84. The summed E-state index contributed by atoms with van der Waals surface area (Å²) >= 11 is 1.79. The molecular formula is C20H30N4O2S. The lowest BCUT2D eigenvalue weighted by Crippen LogP contribution is -2.48. The quantitative estimate of drug-likeness (QED) is 0.782. The topological polar surface area (TPSA) is 50.7 Å². The van der Waals surface area contributed by atoms with E-state index in [0.717, 1.165) is 49.2 Å². The number of thiophene rings is 1. The average Bonchev–Trinajstić information content (AvgIpc) is 3.23. The van der Waals surface area contributed by atoms with Crippen LogP contribution < -0.4 is 4.90 Å². The van der Waals surface area contributed by atoms with Gasteiger partial charge in [-0.25, -0.2) is 9.97 Å². The highest BCUT2D eigenvalue weighted by Gasteiger charge is 2.29. The van der Waals surface area contributed by atoms with Crippen LogP contribution in [0.5, 0.6) is 0 Å². The maximum absolute atomic E-state index is 6.05. The van der Waals surface area contributed by atoms with E-state index >= 15 is 0 Å². The first kappa shape index (κ1) is 19.1. The van der Waals surface area contributed by atoms with Crippen LogP contribution in [0.25, 0.3) is 10.2 Å². The first-order valence-electron chi connectivity index (χ1n) is 9.93. The van der Waals surface area contributed by atoms with E-state index < -0.39 is 0 Å². The van der Waals surface area contributed by atoms with Crippen molar-refractivity contribution in [3.8, 4) is 0 Å². The summed E-state index contributed by atoms with van der Waals surface area (Å²) in [5.74, 6) is 2.02. The predicted octanol–water partition coefficient (Wildman–Crippen LogP) is 3.14. The molecule has 27 heavy (non-hydrogen) atoms. The van der Waals surface area contributed by atoms with Gasteiger partial charge in [-0.15, -0.1) is 11.3 Å². The van der Waals surface area contributed by atoms with Crippen molar-refractivity contribution in [1.29, 1.82) is 0 Å². The van der Waals surface area contributed by atoms with Crippen LogP contribution in [-0.4, -0.2) is 67.0 Å². The second-order valence-corrected chi connectivity index (χ2v) is 9.04. The first-order chi connectivity index (χ1) is 13.0. The molecule has 0 saturated carbocycles. The summed E-state index contributed by atoms with van der Waals surface area (Å²) in [5.41, 5.74) is 1.31. The van der Waals surface area contributed by atoms with Crippen molar-refractivity contribution >= 4 is 27.4 Å². The molecule has 4 rings (SSSR count). The number of ether oxygens (including phenoxy) is 2. The van der Waals surface area contributed by atoms with Crippen LogP contribution in [-0.2, 0) is 16.0 Å². The maximum atomic E-state index is 6.05. The van der Waals surface area contributed by atoms with Gasteiger partial charge in [0.05, 0.1) is 30.7 Å². The first-order valence-corrected chi connectivity index (χ1v) is 10.7. The van der Waals surface area contributed by atoms with Gasteiger partial charge in [-0.2, -0.15) is 0 Å². The number of nitrogens with zero attached hydrogens (tertiary/aromatic N) is 4. The molecule has 0 amide bonds. The Hall–Kier alpha value is -1.28. The zero-order valence-corrected chi connectivity index (χ0v) is 17.6. The Morgan fingerprint density at radius 1 is 1.19 bits per heavy atom. The molecule has 2 saturated heterocycles.